The van der Waals surface area contributed by atoms with Crippen LogP contribution in [0.2, 0.25) is 0 Å². The van der Waals surface area contributed by atoms with Crippen molar-refractivity contribution in [3.05, 3.63) is 134 Å². The third kappa shape index (κ3) is 6.21. The lowest BCUT2D eigenvalue weighted by molar-refractivity contribution is -0.384. The van der Waals surface area contributed by atoms with Gasteiger partial charge in [-0.25, -0.2) is 9.59 Å². The molecule has 10 nitrogen and oxygen atoms in total. The Morgan fingerprint density at radius 1 is 0.955 bits per heavy atom. The molecule has 228 valence electrons. The van der Waals surface area contributed by atoms with Crippen molar-refractivity contribution in [2.45, 2.75) is 51.4 Å². The van der Waals surface area contributed by atoms with Crippen molar-refractivity contribution in [1.29, 1.82) is 0 Å². The van der Waals surface area contributed by atoms with Gasteiger partial charge in [0.1, 0.15) is 11.4 Å². The van der Waals surface area contributed by atoms with Crippen LogP contribution in [-0.4, -0.2) is 46.6 Å². The molecule has 0 aromatic heterocycles. The molecule has 10 heteroatoms. The van der Waals surface area contributed by atoms with E-state index < -0.39 is 34.5 Å². The highest BCUT2D eigenvalue weighted by Gasteiger charge is 2.48. The Balaban J connectivity index is 1.45. The molecule has 0 radical (unpaired) electrons. The topological polar surface area (TPSA) is 137 Å². The fraction of sp³-hybridized carbons (Fsp3) is 0.294. The van der Waals surface area contributed by atoms with Crippen molar-refractivity contribution in [2.75, 3.05) is 13.1 Å². The standard InChI is InChI=1S/C34H36N4O6/c1-21(2)43-32(39)27-22(3)36-31(35)29(28(27)25-16-11-17-26(18-25)38(41)42)33(40)44-34(4)19-37(20-34)30(23-12-7-5-8-13-23)24-14-9-6-10-15-24/h5-18,21,28,30,36H,19-20,35H2,1-4H3. The van der Waals surface area contributed by atoms with Crippen LogP contribution in [0.15, 0.2) is 108 Å². The maximum Gasteiger partial charge on any atom is 0.339 e. The smallest absolute Gasteiger partial charge is 0.339 e. The monoisotopic (exact) mass is 596 g/mol. The fourth-order valence-electron chi connectivity index (χ4n) is 6.00. The molecule has 0 amide bonds. The molecule has 2 heterocycles. The third-order valence-corrected chi connectivity index (χ3v) is 7.80. The Hall–Kier alpha value is -4.96. The van der Waals surface area contributed by atoms with E-state index in [1.165, 1.54) is 18.2 Å². The number of esters is 2. The SMILES string of the molecule is CC1=C(C(=O)OC(C)C)C(c2cccc([N+](=O)[O-])c2)C(C(=O)OC2(C)CN(C(c3ccccc3)c3ccccc3)C2)=C(N)N1. The highest BCUT2D eigenvalue weighted by atomic mass is 16.6. The molecule has 0 spiro atoms. The summed E-state index contributed by atoms with van der Waals surface area (Å²) in [6.07, 6.45) is -0.436. The van der Waals surface area contributed by atoms with Crippen LogP contribution < -0.4 is 11.1 Å². The number of nitro benzene ring substituents is 1. The minimum absolute atomic E-state index is 0.00542. The lowest BCUT2D eigenvalue weighted by atomic mass is 9.81. The summed E-state index contributed by atoms with van der Waals surface area (Å²) in [6.45, 7) is 7.84. The number of nitrogens with one attached hydrogen (secondary N) is 1. The summed E-state index contributed by atoms with van der Waals surface area (Å²) in [4.78, 5) is 40.7. The molecular weight excluding hydrogens is 560 g/mol. The van der Waals surface area contributed by atoms with Gasteiger partial charge in [0.15, 0.2) is 0 Å². The molecule has 3 aromatic rings. The van der Waals surface area contributed by atoms with E-state index in [9.17, 15) is 19.7 Å². The number of dihydropyridines is 1. The number of carbonyl (C=O) groups is 2. The van der Waals surface area contributed by atoms with E-state index in [4.69, 9.17) is 15.2 Å². The van der Waals surface area contributed by atoms with Crippen LogP contribution in [0.4, 0.5) is 5.69 Å². The van der Waals surface area contributed by atoms with E-state index in [-0.39, 0.29) is 28.7 Å². The number of hydrogen-bond acceptors (Lipinski definition) is 9. The summed E-state index contributed by atoms with van der Waals surface area (Å²) in [6, 6.07) is 26.0. The first kappa shape index (κ1) is 30.5. The molecule has 1 atom stereocenters. The molecule has 0 saturated carbocycles. The summed E-state index contributed by atoms with van der Waals surface area (Å²) in [5, 5.41) is 14.6. The van der Waals surface area contributed by atoms with Crippen LogP contribution in [0, 0.1) is 10.1 Å². The summed E-state index contributed by atoms with van der Waals surface area (Å²) < 4.78 is 11.7. The molecule has 1 unspecified atom stereocenters. The van der Waals surface area contributed by atoms with Crippen LogP contribution in [0.5, 0.6) is 0 Å². The van der Waals surface area contributed by atoms with E-state index >= 15 is 0 Å². The zero-order chi connectivity index (χ0) is 31.6. The van der Waals surface area contributed by atoms with Crippen molar-refractivity contribution in [1.82, 2.24) is 10.2 Å². The minimum Gasteiger partial charge on any atom is -0.460 e. The molecule has 2 aliphatic heterocycles. The Bertz CT molecular complexity index is 1590. The fourth-order valence-corrected chi connectivity index (χ4v) is 6.00. The third-order valence-electron chi connectivity index (χ3n) is 7.80. The zero-order valence-electron chi connectivity index (χ0n) is 25.2. The molecule has 1 saturated heterocycles. The van der Waals surface area contributed by atoms with E-state index in [1.54, 1.807) is 26.8 Å². The van der Waals surface area contributed by atoms with Crippen LogP contribution >= 0.6 is 0 Å². The molecule has 2 aliphatic rings. The van der Waals surface area contributed by atoms with Gasteiger partial charge in [-0.1, -0.05) is 72.8 Å². The van der Waals surface area contributed by atoms with Crippen LogP contribution in [0.1, 0.15) is 56.3 Å². The van der Waals surface area contributed by atoms with Crippen LogP contribution in [0.3, 0.4) is 0 Å². The quantitative estimate of drug-likeness (QED) is 0.197. The van der Waals surface area contributed by atoms with Gasteiger partial charge in [-0.15, -0.1) is 0 Å². The largest absolute Gasteiger partial charge is 0.460 e. The van der Waals surface area contributed by atoms with Gasteiger partial charge in [-0.3, -0.25) is 15.0 Å². The van der Waals surface area contributed by atoms with E-state index in [0.29, 0.717) is 24.4 Å². The minimum atomic E-state index is -1.05. The lowest BCUT2D eigenvalue weighted by Crippen LogP contribution is -2.63. The van der Waals surface area contributed by atoms with Gasteiger partial charge in [0.05, 0.1) is 34.1 Å². The predicted octanol–water partition coefficient (Wildman–Crippen LogP) is 5.08. The molecule has 44 heavy (non-hydrogen) atoms. The Morgan fingerprint density at radius 3 is 2.09 bits per heavy atom. The van der Waals surface area contributed by atoms with Crippen molar-refractivity contribution < 1.29 is 24.0 Å². The van der Waals surface area contributed by atoms with Gasteiger partial charge < -0.3 is 20.5 Å². The Morgan fingerprint density at radius 2 is 1.55 bits per heavy atom. The first-order valence-electron chi connectivity index (χ1n) is 14.5. The van der Waals surface area contributed by atoms with Gasteiger partial charge in [-0.2, -0.15) is 0 Å². The number of nitro groups is 1. The highest BCUT2D eigenvalue weighted by molar-refractivity contribution is 6.00. The summed E-state index contributed by atoms with van der Waals surface area (Å²) in [5.41, 5.74) is 8.47. The molecule has 5 rings (SSSR count). The number of nitrogens with two attached hydrogens (primary N) is 1. The van der Waals surface area contributed by atoms with E-state index in [1.807, 2.05) is 43.3 Å². The van der Waals surface area contributed by atoms with Gasteiger partial charge in [0.25, 0.3) is 5.69 Å². The van der Waals surface area contributed by atoms with Crippen molar-refractivity contribution in [3.8, 4) is 0 Å². The van der Waals surface area contributed by atoms with Crippen molar-refractivity contribution in [2.24, 2.45) is 5.73 Å². The molecule has 1 fully saturated rings. The summed E-state index contributed by atoms with van der Waals surface area (Å²) in [5.74, 6) is -2.41. The number of nitrogens with zero attached hydrogens (tertiary/aromatic N) is 2. The Labute approximate surface area is 256 Å². The lowest BCUT2D eigenvalue weighted by Gasteiger charge is -2.51. The molecule has 0 aliphatic carbocycles. The van der Waals surface area contributed by atoms with Gasteiger partial charge in [0, 0.05) is 30.9 Å². The first-order valence-corrected chi connectivity index (χ1v) is 14.5. The highest BCUT2D eigenvalue weighted by Crippen LogP contribution is 2.42. The predicted molar refractivity (Wildman–Crippen MR) is 165 cm³/mol. The number of ether oxygens (including phenoxy) is 2. The summed E-state index contributed by atoms with van der Waals surface area (Å²) in [7, 11) is 0. The maximum atomic E-state index is 14.0. The summed E-state index contributed by atoms with van der Waals surface area (Å²) >= 11 is 0. The normalized spacial score (nSPS) is 18.1. The second-order valence-corrected chi connectivity index (χ2v) is 11.7. The number of non-ortho nitro benzene ring substituents is 1. The number of likely N-dealkylation sites (tertiary alicyclic amines) is 1. The molecule has 3 aromatic carbocycles. The average molecular weight is 597 g/mol. The molecule has 0 bridgehead atoms. The van der Waals surface area contributed by atoms with Gasteiger partial charge >= 0.3 is 11.9 Å². The zero-order valence-corrected chi connectivity index (χ0v) is 25.2. The Kier molecular flexibility index (Phi) is 8.55. The second-order valence-electron chi connectivity index (χ2n) is 11.7. The average Bonchev–Trinajstić information content (AvgIpc) is 2.96. The van der Waals surface area contributed by atoms with E-state index in [2.05, 4.69) is 34.5 Å². The van der Waals surface area contributed by atoms with Gasteiger partial charge in [-0.05, 0) is 44.4 Å². The second kappa shape index (κ2) is 12.3. The molecule has 3 N–H and O–H groups in total. The number of carbonyl (C=O) groups excluding carboxylic acids is 2. The number of allylic oxidation sites excluding steroid dienone is 1. The molecular formula is C34H36N4O6. The van der Waals surface area contributed by atoms with Crippen molar-refractivity contribution >= 4 is 17.6 Å². The number of hydrogen-bond donors (Lipinski definition) is 2. The van der Waals surface area contributed by atoms with Crippen LogP contribution in [0.25, 0.3) is 0 Å². The van der Waals surface area contributed by atoms with Crippen molar-refractivity contribution in [3.63, 3.8) is 0 Å². The number of rotatable bonds is 9. The first-order chi connectivity index (χ1) is 21.0. The maximum absolute atomic E-state index is 14.0. The van der Waals surface area contributed by atoms with Crippen LogP contribution in [-0.2, 0) is 19.1 Å². The van der Waals surface area contributed by atoms with E-state index in [0.717, 1.165) is 11.1 Å². The number of benzene rings is 3. The van der Waals surface area contributed by atoms with Gasteiger partial charge in [0.2, 0.25) is 0 Å².